The number of rotatable bonds is 7. The molecule has 0 saturated carbocycles. The molecule has 1 atom stereocenters. The molecule has 1 aromatic carbocycles. The Hall–Kier alpha value is -2.37. The minimum Gasteiger partial charge on any atom is -0.497 e. The van der Waals surface area contributed by atoms with Crippen LogP contribution in [0.1, 0.15) is 16.8 Å². The lowest BCUT2D eigenvalue weighted by atomic mass is 10.0. The van der Waals surface area contributed by atoms with Crippen molar-refractivity contribution in [3.05, 3.63) is 29.8 Å². The van der Waals surface area contributed by atoms with E-state index in [0.29, 0.717) is 11.3 Å². The number of Topliss-reactive ketones (excluding diaryl/α,β-unsaturated/α-hetero) is 1. The normalized spacial score (nSPS) is 11.4. The summed E-state index contributed by atoms with van der Waals surface area (Å²) < 4.78 is 4.94. The number of carboxylic acids is 1. The first-order valence-corrected chi connectivity index (χ1v) is 5.18. The van der Waals surface area contributed by atoms with Gasteiger partial charge in [-0.1, -0.05) is 0 Å². The van der Waals surface area contributed by atoms with E-state index >= 15 is 0 Å². The average molecular weight is 251 g/mol. The molecule has 18 heavy (non-hydrogen) atoms. The zero-order valence-corrected chi connectivity index (χ0v) is 9.75. The summed E-state index contributed by atoms with van der Waals surface area (Å²) in [6, 6.07) is 5.09. The van der Waals surface area contributed by atoms with Crippen LogP contribution in [0.15, 0.2) is 24.3 Å². The molecule has 0 saturated heterocycles. The van der Waals surface area contributed by atoms with Crippen LogP contribution in [-0.2, 0) is 9.59 Å². The second-order valence-electron chi connectivity index (χ2n) is 3.53. The number of hydrogen-bond acceptors (Lipinski definition) is 4. The molecule has 0 fully saturated rings. The standard InChI is InChI=1S/C12H13NO5/c1-18-9-4-2-8(3-5-9)11(15)6-10(12(16)17)13-7-14/h2-5,7,10H,6H2,1H3,(H,13,14)(H,16,17). The van der Waals surface area contributed by atoms with E-state index in [0.717, 1.165) is 0 Å². The Balaban J connectivity index is 2.73. The van der Waals surface area contributed by atoms with Crippen molar-refractivity contribution >= 4 is 18.2 Å². The van der Waals surface area contributed by atoms with Gasteiger partial charge < -0.3 is 15.2 Å². The summed E-state index contributed by atoms with van der Waals surface area (Å²) >= 11 is 0. The molecule has 96 valence electrons. The van der Waals surface area contributed by atoms with Crippen LogP contribution in [-0.4, -0.2) is 36.4 Å². The van der Waals surface area contributed by atoms with Crippen LogP contribution in [0.2, 0.25) is 0 Å². The fourth-order valence-electron chi connectivity index (χ4n) is 1.38. The van der Waals surface area contributed by atoms with Gasteiger partial charge in [0.25, 0.3) is 0 Å². The maximum Gasteiger partial charge on any atom is 0.326 e. The minimum absolute atomic E-state index is 0.264. The van der Waals surface area contributed by atoms with Crippen molar-refractivity contribution in [1.82, 2.24) is 5.32 Å². The van der Waals surface area contributed by atoms with Crippen molar-refractivity contribution in [2.75, 3.05) is 7.11 Å². The number of ether oxygens (including phenoxy) is 1. The maximum absolute atomic E-state index is 11.8. The molecule has 1 aromatic rings. The predicted molar refractivity (Wildman–Crippen MR) is 62.6 cm³/mol. The number of carbonyl (C=O) groups is 3. The Morgan fingerprint density at radius 1 is 1.39 bits per heavy atom. The molecule has 0 heterocycles. The average Bonchev–Trinajstić information content (AvgIpc) is 2.38. The minimum atomic E-state index is -1.25. The number of methoxy groups -OCH3 is 1. The molecule has 0 aromatic heterocycles. The van der Waals surface area contributed by atoms with Crippen LogP contribution in [0.5, 0.6) is 5.75 Å². The number of amides is 1. The van der Waals surface area contributed by atoms with Crippen molar-refractivity contribution in [1.29, 1.82) is 0 Å². The van der Waals surface area contributed by atoms with Gasteiger partial charge in [-0.05, 0) is 24.3 Å². The van der Waals surface area contributed by atoms with Crippen LogP contribution in [0.3, 0.4) is 0 Å². The summed E-state index contributed by atoms with van der Waals surface area (Å²) in [5.41, 5.74) is 0.370. The lowest BCUT2D eigenvalue weighted by Crippen LogP contribution is -2.37. The number of ketones is 1. The number of hydrogen-bond donors (Lipinski definition) is 2. The Morgan fingerprint density at radius 3 is 2.44 bits per heavy atom. The van der Waals surface area contributed by atoms with Gasteiger partial charge in [0.05, 0.1) is 7.11 Å². The Labute approximate surface area is 104 Å². The van der Waals surface area contributed by atoms with Gasteiger partial charge in [-0.25, -0.2) is 4.79 Å². The molecule has 6 heteroatoms. The van der Waals surface area contributed by atoms with Crippen molar-refractivity contribution in [3.8, 4) is 5.75 Å². The third kappa shape index (κ3) is 3.58. The van der Waals surface area contributed by atoms with E-state index in [1.165, 1.54) is 7.11 Å². The molecular formula is C12H13NO5. The number of benzene rings is 1. The molecule has 0 bridgehead atoms. The highest BCUT2D eigenvalue weighted by molar-refractivity contribution is 5.99. The zero-order valence-electron chi connectivity index (χ0n) is 9.75. The quantitative estimate of drug-likeness (QED) is 0.542. The summed E-state index contributed by atoms with van der Waals surface area (Å²) in [7, 11) is 1.51. The van der Waals surface area contributed by atoms with Crippen LogP contribution in [0.25, 0.3) is 0 Å². The van der Waals surface area contributed by atoms with Crippen molar-refractivity contribution in [2.24, 2.45) is 0 Å². The molecule has 1 amide bonds. The van der Waals surface area contributed by atoms with E-state index in [1.54, 1.807) is 24.3 Å². The number of carboxylic acid groups (broad SMARTS) is 1. The summed E-state index contributed by atoms with van der Waals surface area (Å²) in [4.78, 5) is 32.8. The lowest BCUT2D eigenvalue weighted by Gasteiger charge is -2.10. The smallest absolute Gasteiger partial charge is 0.326 e. The first-order valence-electron chi connectivity index (χ1n) is 5.18. The van der Waals surface area contributed by atoms with Crippen LogP contribution >= 0.6 is 0 Å². The summed E-state index contributed by atoms with van der Waals surface area (Å²) in [6.07, 6.45) is -0.0273. The van der Waals surface area contributed by atoms with E-state index < -0.39 is 12.0 Å². The molecule has 1 unspecified atom stereocenters. The number of carbonyl (C=O) groups excluding carboxylic acids is 2. The third-order valence-electron chi connectivity index (χ3n) is 2.37. The topological polar surface area (TPSA) is 92.7 Å². The molecule has 0 spiro atoms. The Morgan fingerprint density at radius 2 is 2.00 bits per heavy atom. The van der Waals surface area contributed by atoms with E-state index in [2.05, 4.69) is 5.32 Å². The van der Waals surface area contributed by atoms with Crippen LogP contribution in [0, 0.1) is 0 Å². The molecule has 0 aliphatic rings. The Bertz CT molecular complexity index is 440. The van der Waals surface area contributed by atoms with Gasteiger partial charge in [-0.3, -0.25) is 9.59 Å². The highest BCUT2D eigenvalue weighted by Gasteiger charge is 2.21. The SMILES string of the molecule is COc1ccc(C(=O)CC(NC=O)C(=O)O)cc1. The maximum atomic E-state index is 11.8. The van der Waals surface area contributed by atoms with Gasteiger partial charge >= 0.3 is 5.97 Å². The number of aliphatic carboxylic acids is 1. The largest absolute Gasteiger partial charge is 0.497 e. The molecule has 0 aliphatic heterocycles. The van der Waals surface area contributed by atoms with Gasteiger partial charge in [-0.15, -0.1) is 0 Å². The van der Waals surface area contributed by atoms with Crippen molar-refractivity contribution < 1.29 is 24.2 Å². The predicted octanol–water partition coefficient (Wildman–Crippen LogP) is 0.467. The third-order valence-corrected chi connectivity index (χ3v) is 2.37. The Kier molecular flexibility index (Phi) is 4.86. The fraction of sp³-hybridized carbons (Fsp3) is 0.250. The second-order valence-corrected chi connectivity index (χ2v) is 3.53. The lowest BCUT2D eigenvalue weighted by molar-refractivity contribution is -0.140. The molecule has 6 nitrogen and oxygen atoms in total. The van der Waals surface area contributed by atoms with Crippen molar-refractivity contribution in [3.63, 3.8) is 0 Å². The zero-order chi connectivity index (χ0) is 13.5. The molecule has 0 aliphatic carbocycles. The van der Waals surface area contributed by atoms with Gasteiger partial charge in [0.1, 0.15) is 11.8 Å². The molecule has 2 N–H and O–H groups in total. The van der Waals surface area contributed by atoms with E-state index in [1.807, 2.05) is 0 Å². The number of nitrogens with one attached hydrogen (secondary N) is 1. The summed E-state index contributed by atoms with van der Waals surface area (Å²) in [5, 5.41) is 10.9. The summed E-state index contributed by atoms with van der Waals surface area (Å²) in [5.74, 6) is -1.00. The van der Waals surface area contributed by atoms with Gasteiger partial charge in [-0.2, -0.15) is 0 Å². The molecule has 1 rings (SSSR count). The van der Waals surface area contributed by atoms with Crippen molar-refractivity contribution in [2.45, 2.75) is 12.5 Å². The highest BCUT2D eigenvalue weighted by atomic mass is 16.5. The van der Waals surface area contributed by atoms with Crippen LogP contribution < -0.4 is 10.1 Å². The molecule has 0 radical (unpaired) electrons. The van der Waals surface area contributed by atoms with E-state index in [9.17, 15) is 14.4 Å². The first-order chi connectivity index (χ1) is 8.58. The first kappa shape index (κ1) is 13.7. The summed E-state index contributed by atoms with van der Waals surface area (Å²) in [6.45, 7) is 0. The fourth-order valence-corrected chi connectivity index (χ4v) is 1.38. The second kappa shape index (κ2) is 6.39. The molecular weight excluding hydrogens is 238 g/mol. The van der Waals surface area contributed by atoms with Gasteiger partial charge in [0.15, 0.2) is 5.78 Å². The van der Waals surface area contributed by atoms with E-state index in [4.69, 9.17) is 9.84 Å². The van der Waals surface area contributed by atoms with Gasteiger partial charge in [0.2, 0.25) is 6.41 Å². The highest BCUT2D eigenvalue weighted by Crippen LogP contribution is 2.13. The van der Waals surface area contributed by atoms with E-state index in [-0.39, 0.29) is 18.6 Å². The monoisotopic (exact) mass is 251 g/mol. The van der Waals surface area contributed by atoms with Gasteiger partial charge in [0, 0.05) is 12.0 Å². The van der Waals surface area contributed by atoms with Crippen LogP contribution in [0.4, 0.5) is 0 Å².